The third-order valence-electron chi connectivity index (χ3n) is 2.12. The molecule has 2 rings (SSSR count). The summed E-state index contributed by atoms with van der Waals surface area (Å²) in [6.45, 7) is 0. The second kappa shape index (κ2) is 3.64. The molecule has 0 aliphatic rings. The van der Waals surface area contributed by atoms with E-state index in [9.17, 15) is 9.50 Å². The van der Waals surface area contributed by atoms with Gasteiger partial charge < -0.3 is 10.1 Å². The van der Waals surface area contributed by atoms with E-state index in [-0.39, 0.29) is 5.82 Å². The van der Waals surface area contributed by atoms with E-state index in [1.807, 2.05) is 0 Å². The van der Waals surface area contributed by atoms with Crippen LogP contribution in [0, 0.1) is 5.82 Å². The number of nitrogens with one attached hydrogen (secondary N) is 1. The van der Waals surface area contributed by atoms with Crippen LogP contribution in [0.2, 0.25) is 0 Å². The average molecular weight is 191 g/mol. The number of aliphatic hydroxyl groups is 1. The van der Waals surface area contributed by atoms with Gasteiger partial charge in [-0.05, 0) is 23.8 Å². The van der Waals surface area contributed by atoms with Crippen molar-refractivity contribution in [1.29, 1.82) is 0 Å². The molecule has 0 radical (unpaired) electrons. The Labute approximate surface area is 81.0 Å². The molecule has 2 N–H and O–H groups in total. The summed E-state index contributed by atoms with van der Waals surface area (Å²) < 4.78 is 12.6. The van der Waals surface area contributed by atoms with Crippen molar-refractivity contribution >= 4 is 0 Å². The molecule has 0 bridgehead atoms. The Morgan fingerprint density at radius 2 is 1.79 bits per heavy atom. The molecule has 0 spiro atoms. The van der Waals surface area contributed by atoms with Gasteiger partial charge in [-0.2, -0.15) is 0 Å². The molecule has 2 aromatic rings. The molecular formula is C11H10FNO. The summed E-state index contributed by atoms with van der Waals surface area (Å²) in [6.07, 6.45) is 2.76. The first-order valence-electron chi connectivity index (χ1n) is 4.33. The predicted molar refractivity (Wildman–Crippen MR) is 51.3 cm³/mol. The highest BCUT2D eigenvalue weighted by molar-refractivity contribution is 5.28. The lowest BCUT2D eigenvalue weighted by Crippen LogP contribution is -1.97. The maximum absolute atomic E-state index is 12.6. The second-order valence-electron chi connectivity index (χ2n) is 3.10. The molecule has 1 heterocycles. The molecule has 2 nitrogen and oxygen atoms in total. The van der Waals surface area contributed by atoms with Gasteiger partial charge in [-0.25, -0.2) is 4.39 Å². The molecule has 0 fully saturated rings. The molecule has 0 saturated carbocycles. The lowest BCUT2D eigenvalue weighted by molar-refractivity contribution is 0.220. The standard InChI is InChI=1S/C11H10FNO/c12-10-3-1-8(2-4-10)11(14)9-5-6-13-7-9/h1-7,11,13-14H. The smallest absolute Gasteiger partial charge is 0.123 e. The summed E-state index contributed by atoms with van der Waals surface area (Å²) in [5, 5.41) is 9.83. The largest absolute Gasteiger partial charge is 0.384 e. The third kappa shape index (κ3) is 1.67. The van der Waals surface area contributed by atoms with Crippen LogP contribution in [0.15, 0.2) is 42.7 Å². The van der Waals surface area contributed by atoms with Crippen LogP contribution in [0.25, 0.3) is 0 Å². The molecule has 1 aromatic heterocycles. The zero-order chi connectivity index (χ0) is 9.97. The van der Waals surface area contributed by atoms with Crippen LogP contribution in [0.4, 0.5) is 4.39 Å². The van der Waals surface area contributed by atoms with Crippen LogP contribution in [-0.2, 0) is 0 Å². The van der Waals surface area contributed by atoms with E-state index in [1.54, 1.807) is 30.6 Å². The Bertz CT molecular complexity index is 394. The zero-order valence-electron chi connectivity index (χ0n) is 7.44. The normalized spacial score (nSPS) is 12.7. The maximum atomic E-state index is 12.6. The van der Waals surface area contributed by atoms with E-state index < -0.39 is 6.10 Å². The predicted octanol–water partition coefficient (Wildman–Crippen LogP) is 2.24. The van der Waals surface area contributed by atoms with Gasteiger partial charge in [0.05, 0.1) is 0 Å². The number of halogens is 1. The Kier molecular flexibility index (Phi) is 2.33. The first-order chi connectivity index (χ1) is 6.77. The monoisotopic (exact) mass is 191 g/mol. The Morgan fingerprint density at radius 3 is 2.36 bits per heavy atom. The zero-order valence-corrected chi connectivity index (χ0v) is 7.44. The molecule has 1 aromatic carbocycles. The van der Waals surface area contributed by atoms with Gasteiger partial charge >= 0.3 is 0 Å². The Balaban J connectivity index is 2.28. The Morgan fingerprint density at radius 1 is 1.07 bits per heavy atom. The summed E-state index contributed by atoms with van der Waals surface area (Å²) >= 11 is 0. The van der Waals surface area contributed by atoms with Crippen molar-refractivity contribution in [1.82, 2.24) is 4.98 Å². The highest BCUT2D eigenvalue weighted by Crippen LogP contribution is 2.21. The summed E-state index contributed by atoms with van der Waals surface area (Å²) in [5.41, 5.74) is 1.46. The van der Waals surface area contributed by atoms with Crippen LogP contribution < -0.4 is 0 Å². The molecule has 1 atom stereocenters. The van der Waals surface area contributed by atoms with Gasteiger partial charge in [-0.15, -0.1) is 0 Å². The summed E-state index contributed by atoms with van der Waals surface area (Å²) in [4.78, 5) is 2.86. The number of H-pyrrole nitrogens is 1. The maximum Gasteiger partial charge on any atom is 0.123 e. The van der Waals surface area contributed by atoms with Crippen molar-refractivity contribution in [2.24, 2.45) is 0 Å². The lowest BCUT2D eigenvalue weighted by atomic mass is 10.0. The van der Waals surface area contributed by atoms with E-state index in [1.165, 1.54) is 12.1 Å². The minimum absolute atomic E-state index is 0.296. The van der Waals surface area contributed by atoms with Crippen molar-refractivity contribution in [3.63, 3.8) is 0 Å². The van der Waals surface area contributed by atoms with Crippen molar-refractivity contribution in [3.05, 3.63) is 59.7 Å². The molecule has 0 aliphatic heterocycles. The first kappa shape index (κ1) is 8.97. The van der Waals surface area contributed by atoms with Crippen molar-refractivity contribution in [3.8, 4) is 0 Å². The highest BCUT2D eigenvalue weighted by atomic mass is 19.1. The second-order valence-corrected chi connectivity index (χ2v) is 3.10. The van der Waals surface area contributed by atoms with Crippen LogP contribution >= 0.6 is 0 Å². The van der Waals surface area contributed by atoms with E-state index in [4.69, 9.17) is 0 Å². The molecule has 1 unspecified atom stereocenters. The highest BCUT2D eigenvalue weighted by Gasteiger charge is 2.09. The van der Waals surface area contributed by atoms with Gasteiger partial charge in [0, 0.05) is 18.0 Å². The van der Waals surface area contributed by atoms with Gasteiger partial charge in [0.15, 0.2) is 0 Å². The minimum atomic E-state index is -0.693. The number of hydrogen-bond donors (Lipinski definition) is 2. The number of aliphatic hydroxyl groups excluding tert-OH is 1. The summed E-state index contributed by atoms with van der Waals surface area (Å²) in [5.74, 6) is -0.296. The van der Waals surface area contributed by atoms with Crippen LogP contribution in [0.3, 0.4) is 0 Å². The SMILES string of the molecule is OC(c1ccc(F)cc1)c1cc[nH]c1. The van der Waals surface area contributed by atoms with Gasteiger partial charge in [0.2, 0.25) is 0 Å². The molecule has 0 aliphatic carbocycles. The van der Waals surface area contributed by atoms with Gasteiger partial charge in [0.25, 0.3) is 0 Å². The number of aromatic nitrogens is 1. The first-order valence-corrected chi connectivity index (χ1v) is 4.33. The molecule has 72 valence electrons. The van der Waals surface area contributed by atoms with Crippen LogP contribution in [0.5, 0.6) is 0 Å². The molecular weight excluding hydrogens is 181 g/mol. The summed E-state index contributed by atoms with van der Waals surface area (Å²) in [6, 6.07) is 7.62. The van der Waals surface area contributed by atoms with E-state index in [0.717, 1.165) is 5.56 Å². The molecule has 0 amide bonds. The van der Waals surface area contributed by atoms with E-state index in [0.29, 0.717) is 5.56 Å². The molecule has 3 heteroatoms. The van der Waals surface area contributed by atoms with Crippen molar-refractivity contribution in [2.45, 2.75) is 6.10 Å². The lowest BCUT2D eigenvalue weighted by Gasteiger charge is -2.08. The number of hydrogen-bond acceptors (Lipinski definition) is 1. The minimum Gasteiger partial charge on any atom is -0.384 e. The van der Waals surface area contributed by atoms with Gasteiger partial charge in [-0.1, -0.05) is 12.1 Å². The third-order valence-corrected chi connectivity index (χ3v) is 2.12. The quantitative estimate of drug-likeness (QED) is 0.750. The van der Waals surface area contributed by atoms with Crippen LogP contribution in [0.1, 0.15) is 17.2 Å². The van der Waals surface area contributed by atoms with Gasteiger partial charge in [-0.3, -0.25) is 0 Å². The van der Waals surface area contributed by atoms with Gasteiger partial charge in [0.1, 0.15) is 11.9 Å². The number of benzene rings is 1. The summed E-state index contributed by atoms with van der Waals surface area (Å²) in [7, 11) is 0. The van der Waals surface area contributed by atoms with E-state index >= 15 is 0 Å². The molecule has 0 saturated heterocycles. The topological polar surface area (TPSA) is 36.0 Å². The fourth-order valence-corrected chi connectivity index (χ4v) is 1.34. The van der Waals surface area contributed by atoms with E-state index in [2.05, 4.69) is 4.98 Å². The van der Waals surface area contributed by atoms with Crippen molar-refractivity contribution in [2.75, 3.05) is 0 Å². The van der Waals surface area contributed by atoms with Crippen molar-refractivity contribution < 1.29 is 9.50 Å². The Hall–Kier alpha value is -1.61. The fourth-order valence-electron chi connectivity index (χ4n) is 1.34. The molecule has 14 heavy (non-hydrogen) atoms. The fraction of sp³-hybridized carbons (Fsp3) is 0.0909. The number of rotatable bonds is 2. The number of aromatic amines is 1. The average Bonchev–Trinajstić information content (AvgIpc) is 2.71. The van der Waals surface area contributed by atoms with Crippen LogP contribution in [-0.4, -0.2) is 10.1 Å².